The normalized spacial score (nSPS) is 12.1. The molecule has 1 N–H and O–H groups in total. The van der Waals surface area contributed by atoms with Gasteiger partial charge in [-0.1, -0.05) is 49.1 Å². The van der Waals surface area contributed by atoms with E-state index in [0.717, 1.165) is 21.5 Å². The molecule has 0 saturated heterocycles. The Morgan fingerprint density at radius 1 is 1.33 bits per heavy atom. The minimum absolute atomic E-state index is 0.0239. The fraction of sp³-hybridized carbons (Fsp3) is 0.400. The zero-order valence-electron chi connectivity index (χ0n) is 12.4. The first-order chi connectivity index (χ1) is 10.1. The summed E-state index contributed by atoms with van der Waals surface area (Å²) in [6.45, 7) is 6.28. The van der Waals surface area contributed by atoms with Crippen molar-refractivity contribution >= 4 is 34.7 Å². The van der Waals surface area contributed by atoms with Gasteiger partial charge in [-0.05, 0) is 37.0 Å². The highest BCUT2D eigenvalue weighted by Crippen LogP contribution is 2.23. The van der Waals surface area contributed by atoms with E-state index in [-0.39, 0.29) is 5.91 Å². The summed E-state index contributed by atoms with van der Waals surface area (Å²) < 4.78 is 0.828. The Balaban J connectivity index is 1.84. The lowest BCUT2D eigenvalue weighted by Crippen LogP contribution is -2.13. The molecule has 4 nitrogen and oxygen atoms in total. The highest BCUT2D eigenvalue weighted by Gasteiger charge is 2.08. The highest BCUT2D eigenvalue weighted by molar-refractivity contribution is 8.01. The molecule has 1 heterocycles. The number of hydrogen-bond acceptors (Lipinski definition) is 5. The van der Waals surface area contributed by atoms with E-state index in [0.29, 0.717) is 11.7 Å². The molecule has 1 aromatic heterocycles. The third kappa shape index (κ3) is 4.82. The van der Waals surface area contributed by atoms with E-state index in [4.69, 9.17) is 0 Å². The second-order valence-electron chi connectivity index (χ2n) is 4.86. The van der Waals surface area contributed by atoms with E-state index in [2.05, 4.69) is 41.5 Å². The van der Waals surface area contributed by atoms with Crippen LogP contribution in [0.5, 0.6) is 0 Å². The topological polar surface area (TPSA) is 54.9 Å². The lowest BCUT2D eigenvalue weighted by molar-refractivity contribution is -0.113. The standard InChI is InChI=1S/C15H19N3OS2/c1-4-10(2)12-5-7-13(8-6-12)16-14(19)9-20-15-18-17-11(3)21-15/h5-8,10H,4,9H2,1-3H3,(H,16,19). The quantitative estimate of drug-likeness (QED) is 0.814. The lowest BCUT2D eigenvalue weighted by atomic mass is 9.99. The Hall–Kier alpha value is -1.40. The number of benzene rings is 1. The summed E-state index contributed by atoms with van der Waals surface area (Å²) in [6.07, 6.45) is 1.11. The Bertz CT molecular complexity index is 595. The molecule has 2 rings (SSSR count). The lowest BCUT2D eigenvalue weighted by Gasteiger charge is -2.10. The fourth-order valence-corrected chi connectivity index (χ4v) is 3.41. The van der Waals surface area contributed by atoms with Crippen molar-refractivity contribution in [2.45, 2.75) is 37.4 Å². The molecule has 0 aliphatic heterocycles. The maximum Gasteiger partial charge on any atom is 0.234 e. The molecule has 21 heavy (non-hydrogen) atoms. The Labute approximate surface area is 133 Å². The molecule has 1 aromatic carbocycles. The van der Waals surface area contributed by atoms with Crippen LogP contribution in [0, 0.1) is 6.92 Å². The van der Waals surface area contributed by atoms with Crippen molar-refractivity contribution in [1.82, 2.24) is 10.2 Å². The predicted molar refractivity (Wildman–Crippen MR) is 89.1 cm³/mol. The molecule has 0 radical (unpaired) electrons. The zero-order valence-corrected chi connectivity index (χ0v) is 14.1. The zero-order chi connectivity index (χ0) is 15.2. The average molecular weight is 321 g/mol. The van der Waals surface area contributed by atoms with E-state index in [1.54, 1.807) is 0 Å². The second-order valence-corrected chi connectivity index (χ2v) is 7.26. The summed E-state index contributed by atoms with van der Waals surface area (Å²) >= 11 is 2.92. The molecule has 1 unspecified atom stereocenters. The smallest absolute Gasteiger partial charge is 0.234 e. The molecule has 1 atom stereocenters. The second kappa shape index (κ2) is 7.56. The van der Waals surface area contributed by atoms with Gasteiger partial charge in [-0.2, -0.15) is 0 Å². The number of carbonyl (C=O) groups is 1. The van der Waals surface area contributed by atoms with Gasteiger partial charge in [0.2, 0.25) is 5.91 Å². The van der Waals surface area contributed by atoms with Crippen LogP contribution in [-0.2, 0) is 4.79 Å². The van der Waals surface area contributed by atoms with E-state index in [1.165, 1.54) is 28.7 Å². The third-order valence-electron chi connectivity index (χ3n) is 3.21. The molecule has 0 aliphatic rings. The molecule has 0 aliphatic carbocycles. The molecule has 1 amide bonds. The molecular formula is C15H19N3OS2. The van der Waals surface area contributed by atoms with Gasteiger partial charge in [0, 0.05) is 5.69 Å². The Kier molecular flexibility index (Phi) is 5.76. The molecule has 0 saturated carbocycles. The van der Waals surface area contributed by atoms with Gasteiger partial charge in [-0.3, -0.25) is 4.79 Å². The monoisotopic (exact) mass is 321 g/mol. The van der Waals surface area contributed by atoms with Crippen molar-refractivity contribution in [3.05, 3.63) is 34.8 Å². The molecule has 6 heteroatoms. The summed E-state index contributed by atoms with van der Waals surface area (Å²) in [7, 11) is 0. The first kappa shape index (κ1) is 16.0. The maximum absolute atomic E-state index is 11.9. The fourth-order valence-electron chi connectivity index (χ4n) is 1.79. The highest BCUT2D eigenvalue weighted by atomic mass is 32.2. The van der Waals surface area contributed by atoms with Crippen molar-refractivity contribution in [2.75, 3.05) is 11.1 Å². The van der Waals surface area contributed by atoms with E-state index in [1.807, 2.05) is 19.1 Å². The van der Waals surface area contributed by atoms with Gasteiger partial charge in [0.1, 0.15) is 5.01 Å². The molecule has 0 fully saturated rings. The summed E-state index contributed by atoms with van der Waals surface area (Å²) in [5, 5.41) is 11.7. The first-order valence-electron chi connectivity index (χ1n) is 6.91. The van der Waals surface area contributed by atoms with Crippen molar-refractivity contribution in [3.63, 3.8) is 0 Å². The number of nitrogens with zero attached hydrogens (tertiary/aromatic N) is 2. The number of thioether (sulfide) groups is 1. The van der Waals surface area contributed by atoms with E-state index < -0.39 is 0 Å². The molecule has 2 aromatic rings. The molecular weight excluding hydrogens is 302 g/mol. The summed E-state index contributed by atoms with van der Waals surface area (Å²) in [6, 6.07) is 8.06. The van der Waals surface area contributed by atoms with Gasteiger partial charge in [0.25, 0.3) is 0 Å². The minimum atomic E-state index is -0.0239. The van der Waals surface area contributed by atoms with Gasteiger partial charge < -0.3 is 5.32 Å². The Morgan fingerprint density at radius 3 is 2.62 bits per heavy atom. The van der Waals surface area contributed by atoms with Crippen LogP contribution >= 0.6 is 23.1 Å². The largest absolute Gasteiger partial charge is 0.325 e. The van der Waals surface area contributed by atoms with Crippen molar-refractivity contribution in [1.29, 1.82) is 0 Å². The third-order valence-corrected chi connectivity index (χ3v) is 5.18. The van der Waals surface area contributed by atoms with E-state index in [9.17, 15) is 4.79 Å². The van der Waals surface area contributed by atoms with Crippen LogP contribution in [0.4, 0.5) is 5.69 Å². The maximum atomic E-state index is 11.9. The van der Waals surface area contributed by atoms with Crippen LogP contribution in [0.25, 0.3) is 0 Å². The number of hydrogen-bond donors (Lipinski definition) is 1. The number of rotatable bonds is 6. The minimum Gasteiger partial charge on any atom is -0.325 e. The van der Waals surface area contributed by atoms with Gasteiger partial charge in [0.05, 0.1) is 5.75 Å². The van der Waals surface area contributed by atoms with Crippen LogP contribution in [0.1, 0.15) is 36.8 Å². The van der Waals surface area contributed by atoms with Gasteiger partial charge >= 0.3 is 0 Å². The molecule has 112 valence electrons. The van der Waals surface area contributed by atoms with Gasteiger partial charge in [0.15, 0.2) is 4.34 Å². The summed E-state index contributed by atoms with van der Waals surface area (Å²) in [5.74, 6) is 0.872. The average Bonchev–Trinajstić information content (AvgIpc) is 2.91. The van der Waals surface area contributed by atoms with Crippen LogP contribution in [-0.4, -0.2) is 21.9 Å². The number of amides is 1. The number of carbonyl (C=O) groups excluding carboxylic acids is 1. The number of anilines is 1. The van der Waals surface area contributed by atoms with Crippen LogP contribution in [0.2, 0.25) is 0 Å². The van der Waals surface area contributed by atoms with Gasteiger partial charge in [-0.25, -0.2) is 0 Å². The van der Waals surface area contributed by atoms with Crippen molar-refractivity contribution in [2.24, 2.45) is 0 Å². The first-order valence-corrected chi connectivity index (χ1v) is 8.71. The predicted octanol–water partition coefficient (Wildman–Crippen LogP) is 4.09. The van der Waals surface area contributed by atoms with E-state index >= 15 is 0 Å². The number of aromatic nitrogens is 2. The summed E-state index contributed by atoms with van der Waals surface area (Å²) in [4.78, 5) is 11.9. The van der Waals surface area contributed by atoms with Crippen molar-refractivity contribution < 1.29 is 4.79 Å². The molecule has 0 spiro atoms. The van der Waals surface area contributed by atoms with Gasteiger partial charge in [-0.15, -0.1) is 10.2 Å². The van der Waals surface area contributed by atoms with Crippen molar-refractivity contribution in [3.8, 4) is 0 Å². The summed E-state index contributed by atoms with van der Waals surface area (Å²) in [5.41, 5.74) is 2.13. The SMILES string of the molecule is CCC(C)c1ccc(NC(=O)CSc2nnc(C)s2)cc1. The Morgan fingerprint density at radius 2 is 2.05 bits per heavy atom. The van der Waals surface area contributed by atoms with Crippen LogP contribution in [0.15, 0.2) is 28.6 Å². The number of aryl methyl sites for hydroxylation is 1. The molecule has 0 bridgehead atoms. The van der Waals surface area contributed by atoms with Crippen LogP contribution in [0.3, 0.4) is 0 Å². The number of nitrogens with one attached hydrogen (secondary N) is 1. The van der Waals surface area contributed by atoms with Crippen LogP contribution < -0.4 is 5.32 Å².